The third kappa shape index (κ3) is 5.58. The summed E-state index contributed by atoms with van der Waals surface area (Å²) in [5.74, 6) is -0.860. The summed E-state index contributed by atoms with van der Waals surface area (Å²) in [6.45, 7) is 0.475. The summed E-state index contributed by atoms with van der Waals surface area (Å²) >= 11 is 0. The van der Waals surface area contributed by atoms with Crippen LogP contribution >= 0.6 is 0 Å². The van der Waals surface area contributed by atoms with E-state index in [2.05, 4.69) is 42.5 Å². The molecule has 7 nitrogen and oxygen atoms in total. The van der Waals surface area contributed by atoms with Crippen LogP contribution in [0.2, 0.25) is 0 Å². The van der Waals surface area contributed by atoms with E-state index in [4.69, 9.17) is 23.7 Å². The first-order valence-electron chi connectivity index (χ1n) is 15.1. The van der Waals surface area contributed by atoms with Crippen LogP contribution in [0.25, 0.3) is 32.3 Å². The van der Waals surface area contributed by atoms with Gasteiger partial charge in [0.05, 0.1) is 46.1 Å². The smallest absolute Gasteiger partial charge is 0.197 e. The third-order valence-corrected chi connectivity index (χ3v) is 9.02. The number of aliphatic hydroxyl groups excluding tert-OH is 1. The van der Waals surface area contributed by atoms with Crippen molar-refractivity contribution in [1.29, 1.82) is 0 Å². The topological polar surface area (TPSA) is 86.6 Å². The van der Waals surface area contributed by atoms with E-state index in [9.17, 15) is 10.2 Å². The van der Waals surface area contributed by atoms with Crippen LogP contribution in [0.3, 0.4) is 0 Å². The first kappa shape index (κ1) is 29.5. The van der Waals surface area contributed by atoms with Crippen LogP contribution in [0.15, 0.2) is 103 Å². The summed E-state index contributed by atoms with van der Waals surface area (Å²) < 4.78 is 29.1. The predicted octanol–water partition coefficient (Wildman–Crippen LogP) is 6.77. The van der Waals surface area contributed by atoms with Crippen LogP contribution in [0, 0.1) is 5.92 Å². The van der Waals surface area contributed by atoms with E-state index in [0.29, 0.717) is 6.61 Å². The molecule has 0 bridgehead atoms. The first-order valence-corrected chi connectivity index (χ1v) is 15.1. The maximum atomic E-state index is 12.0. The van der Waals surface area contributed by atoms with E-state index in [1.165, 1.54) is 5.39 Å². The highest BCUT2D eigenvalue weighted by molar-refractivity contribution is 6.23. The van der Waals surface area contributed by atoms with Crippen molar-refractivity contribution in [2.45, 2.75) is 31.2 Å². The first-order chi connectivity index (χ1) is 22.0. The molecule has 1 saturated heterocycles. The van der Waals surface area contributed by atoms with Gasteiger partial charge in [0.1, 0.15) is 24.2 Å². The number of rotatable bonds is 11. The second kappa shape index (κ2) is 12.3. The number of hydrogen-bond acceptors (Lipinski definition) is 7. The van der Waals surface area contributed by atoms with E-state index in [0.717, 1.165) is 55.1 Å². The normalized spacial score (nSPS) is 20.7. The van der Waals surface area contributed by atoms with Gasteiger partial charge in [-0.05, 0) is 73.3 Å². The Hall–Kier alpha value is -4.24. The Balaban J connectivity index is 1.18. The van der Waals surface area contributed by atoms with Crippen molar-refractivity contribution < 1.29 is 33.9 Å². The van der Waals surface area contributed by atoms with Crippen LogP contribution in [0.1, 0.15) is 22.8 Å². The lowest BCUT2D eigenvalue weighted by atomic mass is 9.86. The fourth-order valence-corrected chi connectivity index (χ4v) is 6.53. The minimum atomic E-state index is -1.69. The van der Waals surface area contributed by atoms with Gasteiger partial charge >= 0.3 is 0 Å². The number of methoxy groups -OCH3 is 2. The molecule has 7 heteroatoms. The predicted molar refractivity (Wildman–Crippen MR) is 174 cm³/mol. The van der Waals surface area contributed by atoms with Gasteiger partial charge in [-0.2, -0.15) is 0 Å². The molecular weight excluding hydrogens is 568 g/mol. The molecule has 0 aromatic heterocycles. The van der Waals surface area contributed by atoms with Gasteiger partial charge in [0.2, 0.25) is 0 Å². The highest BCUT2D eigenvalue weighted by Crippen LogP contribution is 2.43. The molecule has 4 atom stereocenters. The molecule has 6 aromatic rings. The second-order valence-corrected chi connectivity index (χ2v) is 11.7. The molecule has 0 spiro atoms. The molecule has 1 aliphatic heterocycles. The zero-order chi connectivity index (χ0) is 31.0. The Morgan fingerprint density at radius 3 is 1.96 bits per heavy atom. The third-order valence-electron chi connectivity index (χ3n) is 9.02. The van der Waals surface area contributed by atoms with Gasteiger partial charge in [-0.3, -0.25) is 0 Å². The summed E-state index contributed by atoms with van der Waals surface area (Å²) in [5.41, 5.74) is 2.57. The molecule has 6 aromatic carbocycles. The van der Waals surface area contributed by atoms with Crippen molar-refractivity contribution in [2.75, 3.05) is 27.4 Å². The molecule has 1 heterocycles. The molecular formula is C38H36O7. The molecule has 0 aliphatic carbocycles. The van der Waals surface area contributed by atoms with Gasteiger partial charge in [0.15, 0.2) is 5.79 Å². The molecule has 1 fully saturated rings. The van der Waals surface area contributed by atoms with E-state index in [1.807, 2.05) is 60.7 Å². The molecule has 2 unspecified atom stereocenters. The lowest BCUT2D eigenvalue weighted by molar-refractivity contribution is -0.238. The molecule has 1 aliphatic rings. The largest absolute Gasteiger partial charge is 0.497 e. The molecule has 7 rings (SSSR count). The molecule has 0 amide bonds. The molecule has 2 N–H and O–H groups in total. The van der Waals surface area contributed by atoms with E-state index >= 15 is 0 Å². The number of aliphatic hydroxyl groups is 2. The Labute approximate surface area is 261 Å². The summed E-state index contributed by atoms with van der Waals surface area (Å²) in [5, 5.41) is 30.6. The van der Waals surface area contributed by atoms with Gasteiger partial charge < -0.3 is 33.9 Å². The van der Waals surface area contributed by atoms with Crippen molar-refractivity contribution in [3.05, 3.63) is 120 Å². The Morgan fingerprint density at radius 2 is 1.31 bits per heavy atom. The summed E-state index contributed by atoms with van der Waals surface area (Å²) in [6, 6.07) is 33.8. The minimum absolute atomic E-state index is 0.104. The quantitative estimate of drug-likeness (QED) is 0.125. The summed E-state index contributed by atoms with van der Waals surface area (Å²) in [7, 11) is 3.25. The van der Waals surface area contributed by atoms with Crippen molar-refractivity contribution in [3.8, 4) is 11.5 Å². The molecule has 0 saturated carbocycles. The number of ether oxygens (including phenoxy) is 5. The molecule has 45 heavy (non-hydrogen) atoms. The van der Waals surface area contributed by atoms with Crippen molar-refractivity contribution in [2.24, 2.45) is 5.92 Å². The molecule has 230 valence electrons. The zero-order valence-electron chi connectivity index (χ0n) is 25.3. The van der Waals surface area contributed by atoms with Crippen molar-refractivity contribution in [3.63, 3.8) is 0 Å². The number of benzene rings is 6. The highest BCUT2D eigenvalue weighted by atomic mass is 16.7. The second-order valence-electron chi connectivity index (χ2n) is 11.7. The monoisotopic (exact) mass is 604 g/mol. The van der Waals surface area contributed by atoms with Gasteiger partial charge in [-0.1, -0.05) is 78.9 Å². The maximum Gasteiger partial charge on any atom is 0.197 e. The Kier molecular flexibility index (Phi) is 8.04. The van der Waals surface area contributed by atoms with Crippen LogP contribution in [0.5, 0.6) is 11.5 Å². The fourth-order valence-electron chi connectivity index (χ4n) is 6.53. The van der Waals surface area contributed by atoms with Crippen LogP contribution < -0.4 is 9.47 Å². The summed E-state index contributed by atoms with van der Waals surface area (Å²) in [4.78, 5) is 0. The minimum Gasteiger partial charge on any atom is -0.497 e. The van der Waals surface area contributed by atoms with E-state index in [1.54, 1.807) is 14.2 Å². The average Bonchev–Trinajstić information content (AvgIpc) is 3.42. The van der Waals surface area contributed by atoms with Crippen LogP contribution in [-0.4, -0.2) is 49.5 Å². The lowest BCUT2D eigenvalue weighted by Gasteiger charge is -2.32. The van der Waals surface area contributed by atoms with E-state index in [-0.39, 0.29) is 19.8 Å². The maximum absolute atomic E-state index is 12.0. The molecule has 0 radical (unpaired) electrons. The van der Waals surface area contributed by atoms with Crippen LogP contribution in [0.4, 0.5) is 0 Å². The number of hydrogen-bond donors (Lipinski definition) is 2. The van der Waals surface area contributed by atoms with Gasteiger partial charge in [-0.15, -0.1) is 0 Å². The Morgan fingerprint density at radius 1 is 0.733 bits per heavy atom. The average molecular weight is 605 g/mol. The Bertz CT molecular complexity index is 1890. The lowest BCUT2D eigenvalue weighted by Crippen LogP contribution is -2.45. The van der Waals surface area contributed by atoms with Gasteiger partial charge in [-0.25, -0.2) is 0 Å². The standard InChI is InChI=1S/C38H36O7/c1-41-29-14-6-24(7-15-29)20-43-22-33-37(44-23-38(33,40)45-21-25-8-16-30(42-2)17-9-25)36(39)32-19-13-28-11-10-26-4-3-5-27-12-18-31(32)35(28)34(26)27/h3-19,33,36-37,39-40H,20-23H2,1-2H3/t33?,36-,37?,38-/m1/s1. The van der Waals surface area contributed by atoms with Crippen molar-refractivity contribution in [1.82, 2.24) is 0 Å². The van der Waals surface area contributed by atoms with Crippen molar-refractivity contribution >= 4 is 32.3 Å². The summed E-state index contributed by atoms with van der Waals surface area (Å²) in [6.07, 6.45) is -1.82. The SMILES string of the molecule is COc1ccc(COCC2C([C@H](O)c3ccc4ccc5cccc6ccc3c4c56)OC[C@@]2(O)OCc2ccc(OC)cc2)cc1. The highest BCUT2D eigenvalue weighted by Gasteiger charge is 2.53. The van der Waals surface area contributed by atoms with Gasteiger partial charge in [0, 0.05) is 0 Å². The van der Waals surface area contributed by atoms with Crippen LogP contribution in [-0.2, 0) is 27.4 Å². The zero-order valence-corrected chi connectivity index (χ0v) is 25.3. The van der Waals surface area contributed by atoms with E-state index < -0.39 is 23.9 Å². The van der Waals surface area contributed by atoms with Gasteiger partial charge in [0.25, 0.3) is 0 Å². The fraction of sp³-hybridized carbons (Fsp3) is 0.263.